The molecular formula is C17H11BrClNO. The minimum absolute atomic E-state index is 0.0699. The van der Waals surface area contributed by atoms with Crippen molar-refractivity contribution >= 4 is 44.2 Å². The van der Waals surface area contributed by atoms with Gasteiger partial charge in [0.2, 0.25) is 0 Å². The molecule has 0 radical (unpaired) electrons. The molecule has 0 aliphatic carbocycles. The molecule has 0 spiro atoms. The third kappa shape index (κ3) is 2.59. The zero-order chi connectivity index (χ0) is 14.8. The Labute approximate surface area is 135 Å². The van der Waals surface area contributed by atoms with Crippen molar-refractivity contribution in [2.75, 3.05) is 5.33 Å². The number of fused-ring (bicyclic) bond motifs is 1. The van der Waals surface area contributed by atoms with Crippen molar-refractivity contribution in [2.45, 2.75) is 0 Å². The van der Waals surface area contributed by atoms with E-state index in [2.05, 4.69) is 20.9 Å². The van der Waals surface area contributed by atoms with Gasteiger partial charge < -0.3 is 0 Å². The summed E-state index contributed by atoms with van der Waals surface area (Å²) in [5, 5.41) is 1.49. The summed E-state index contributed by atoms with van der Waals surface area (Å²) in [6.07, 6.45) is 1.56. The van der Waals surface area contributed by atoms with E-state index in [1.165, 1.54) is 0 Å². The van der Waals surface area contributed by atoms with E-state index in [-0.39, 0.29) is 11.1 Å². The van der Waals surface area contributed by atoms with Crippen LogP contribution in [0, 0.1) is 0 Å². The molecule has 1 aromatic heterocycles. The number of benzene rings is 2. The van der Waals surface area contributed by atoms with Crippen LogP contribution >= 0.6 is 27.5 Å². The van der Waals surface area contributed by atoms with Gasteiger partial charge in [0.15, 0.2) is 5.78 Å². The zero-order valence-electron chi connectivity index (χ0n) is 11.0. The Morgan fingerprint density at radius 2 is 1.86 bits per heavy atom. The van der Waals surface area contributed by atoms with Crippen LogP contribution in [0.4, 0.5) is 0 Å². The van der Waals surface area contributed by atoms with E-state index in [0.717, 1.165) is 22.0 Å². The van der Waals surface area contributed by atoms with Gasteiger partial charge in [-0.1, -0.05) is 76.1 Å². The molecule has 2 aromatic carbocycles. The number of hydrogen-bond acceptors (Lipinski definition) is 2. The molecule has 0 aliphatic rings. The molecule has 0 unspecified atom stereocenters. The second kappa shape index (κ2) is 5.96. The van der Waals surface area contributed by atoms with Crippen LogP contribution in [0.1, 0.15) is 10.4 Å². The number of hydrogen-bond donors (Lipinski definition) is 0. The number of para-hydroxylation sites is 1. The fourth-order valence-electron chi connectivity index (χ4n) is 2.31. The van der Waals surface area contributed by atoms with Crippen LogP contribution in [0.5, 0.6) is 0 Å². The van der Waals surface area contributed by atoms with Crippen molar-refractivity contribution in [2.24, 2.45) is 0 Å². The summed E-state index contributed by atoms with van der Waals surface area (Å²) >= 11 is 9.56. The van der Waals surface area contributed by atoms with Gasteiger partial charge in [-0.3, -0.25) is 9.78 Å². The second-order valence-corrected chi connectivity index (χ2v) is 5.55. The Morgan fingerprint density at radius 1 is 1.10 bits per heavy atom. The topological polar surface area (TPSA) is 30.0 Å². The number of Topliss-reactive ketones (excluding diaryl/α,β-unsaturated/α-hetero) is 1. The Bertz CT molecular complexity index is 818. The van der Waals surface area contributed by atoms with Crippen LogP contribution < -0.4 is 0 Å². The molecule has 0 bridgehead atoms. The molecule has 3 aromatic rings. The zero-order valence-corrected chi connectivity index (χ0v) is 13.4. The highest BCUT2D eigenvalue weighted by Crippen LogP contribution is 2.32. The summed E-state index contributed by atoms with van der Waals surface area (Å²) in [6.45, 7) is 0. The Morgan fingerprint density at radius 3 is 2.57 bits per heavy atom. The largest absolute Gasteiger partial charge is 0.293 e. The highest BCUT2D eigenvalue weighted by molar-refractivity contribution is 9.09. The van der Waals surface area contributed by atoms with Crippen LogP contribution in [-0.4, -0.2) is 16.1 Å². The molecule has 2 nitrogen and oxygen atoms in total. The number of halogens is 2. The fourth-order valence-corrected chi connectivity index (χ4v) is 2.92. The number of nitrogens with zero attached hydrogens (tertiary/aromatic N) is 1. The van der Waals surface area contributed by atoms with Crippen molar-refractivity contribution in [1.82, 2.24) is 4.98 Å². The van der Waals surface area contributed by atoms with Crippen LogP contribution in [0.25, 0.3) is 22.0 Å². The Kier molecular flexibility index (Phi) is 4.04. The molecule has 3 rings (SSSR count). The van der Waals surface area contributed by atoms with Crippen molar-refractivity contribution in [1.29, 1.82) is 0 Å². The number of alkyl halides is 1. The average molecular weight is 361 g/mol. The quantitative estimate of drug-likeness (QED) is 0.478. The number of rotatable bonds is 3. The molecule has 0 amide bonds. The van der Waals surface area contributed by atoms with Crippen LogP contribution in [0.15, 0.2) is 54.7 Å². The maximum Gasteiger partial charge on any atom is 0.176 e. The Hall–Kier alpha value is -1.71. The third-order valence-corrected chi connectivity index (χ3v) is 4.25. The van der Waals surface area contributed by atoms with E-state index in [1.54, 1.807) is 6.20 Å². The standard InChI is InChI=1S/C17H11BrClNO/c18-9-15(21)14-10-20-17-12(11-5-2-1-3-6-11)7-4-8-13(17)16(14)19/h1-8,10H,9H2. The van der Waals surface area contributed by atoms with Gasteiger partial charge in [0.25, 0.3) is 0 Å². The number of pyridine rings is 1. The second-order valence-electron chi connectivity index (χ2n) is 4.61. The molecule has 0 saturated heterocycles. The molecule has 0 aliphatic heterocycles. The van der Waals surface area contributed by atoms with Gasteiger partial charge in [-0.15, -0.1) is 0 Å². The van der Waals surface area contributed by atoms with E-state index in [9.17, 15) is 4.79 Å². The van der Waals surface area contributed by atoms with Gasteiger partial charge in [0.05, 0.1) is 21.4 Å². The predicted molar refractivity (Wildman–Crippen MR) is 90.3 cm³/mol. The van der Waals surface area contributed by atoms with E-state index < -0.39 is 0 Å². The molecule has 21 heavy (non-hydrogen) atoms. The highest BCUT2D eigenvalue weighted by Gasteiger charge is 2.15. The van der Waals surface area contributed by atoms with Crippen molar-refractivity contribution < 1.29 is 4.79 Å². The van der Waals surface area contributed by atoms with E-state index in [0.29, 0.717) is 10.6 Å². The maximum absolute atomic E-state index is 11.9. The molecule has 0 N–H and O–H groups in total. The van der Waals surface area contributed by atoms with Gasteiger partial charge >= 0.3 is 0 Å². The van der Waals surface area contributed by atoms with Gasteiger partial charge in [-0.25, -0.2) is 0 Å². The summed E-state index contributed by atoms with van der Waals surface area (Å²) in [4.78, 5) is 16.3. The normalized spacial score (nSPS) is 10.8. The molecule has 0 saturated carbocycles. The van der Waals surface area contributed by atoms with Gasteiger partial charge in [-0.2, -0.15) is 0 Å². The first-order chi connectivity index (χ1) is 10.2. The van der Waals surface area contributed by atoms with Crippen LogP contribution in [-0.2, 0) is 0 Å². The van der Waals surface area contributed by atoms with Crippen LogP contribution in [0.3, 0.4) is 0 Å². The lowest BCUT2D eigenvalue weighted by atomic mass is 10.0. The minimum Gasteiger partial charge on any atom is -0.293 e. The van der Waals surface area contributed by atoms with Crippen molar-refractivity contribution in [3.8, 4) is 11.1 Å². The molecule has 0 fully saturated rings. The molecule has 4 heteroatoms. The van der Waals surface area contributed by atoms with Crippen molar-refractivity contribution in [3.05, 3.63) is 65.3 Å². The monoisotopic (exact) mass is 359 g/mol. The predicted octanol–water partition coefficient (Wildman–Crippen LogP) is 5.13. The lowest BCUT2D eigenvalue weighted by Crippen LogP contribution is -2.02. The van der Waals surface area contributed by atoms with Gasteiger partial charge in [0, 0.05) is 17.1 Å². The van der Waals surface area contributed by atoms with Gasteiger partial charge in [0.1, 0.15) is 0 Å². The lowest BCUT2D eigenvalue weighted by molar-refractivity contribution is 0.102. The maximum atomic E-state index is 11.9. The summed E-state index contributed by atoms with van der Waals surface area (Å²) < 4.78 is 0. The van der Waals surface area contributed by atoms with E-state index >= 15 is 0 Å². The first-order valence-corrected chi connectivity index (χ1v) is 7.94. The first-order valence-electron chi connectivity index (χ1n) is 6.44. The molecule has 0 atom stereocenters. The summed E-state index contributed by atoms with van der Waals surface area (Å²) in [5.41, 5.74) is 3.34. The third-order valence-electron chi connectivity index (χ3n) is 3.34. The smallest absolute Gasteiger partial charge is 0.176 e. The van der Waals surface area contributed by atoms with E-state index in [1.807, 2.05) is 48.5 Å². The number of aromatic nitrogens is 1. The SMILES string of the molecule is O=C(CBr)c1cnc2c(-c3ccccc3)cccc2c1Cl. The first kappa shape index (κ1) is 14.2. The summed E-state index contributed by atoms with van der Waals surface area (Å²) in [6, 6.07) is 15.8. The summed E-state index contributed by atoms with van der Waals surface area (Å²) in [5.74, 6) is -0.0699. The van der Waals surface area contributed by atoms with Crippen LogP contribution in [0.2, 0.25) is 5.02 Å². The summed E-state index contributed by atoms with van der Waals surface area (Å²) in [7, 11) is 0. The number of carbonyl (C=O) groups excluding carboxylic acids is 1. The average Bonchev–Trinajstić information content (AvgIpc) is 2.55. The molecular weight excluding hydrogens is 350 g/mol. The van der Waals surface area contributed by atoms with Gasteiger partial charge in [-0.05, 0) is 5.56 Å². The molecule has 104 valence electrons. The van der Waals surface area contributed by atoms with Crippen molar-refractivity contribution in [3.63, 3.8) is 0 Å². The van der Waals surface area contributed by atoms with E-state index in [4.69, 9.17) is 11.6 Å². The lowest BCUT2D eigenvalue weighted by Gasteiger charge is -2.09. The molecule has 1 heterocycles. The Balaban J connectivity index is 2.27. The number of ketones is 1. The minimum atomic E-state index is -0.0699. The fraction of sp³-hybridized carbons (Fsp3) is 0.0588. The number of carbonyl (C=O) groups is 1. The highest BCUT2D eigenvalue weighted by atomic mass is 79.9.